The maximum atomic E-state index is 12.9. The van der Waals surface area contributed by atoms with Gasteiger partial charge < -0.3 is 24.7 Å². The van der Waals surface area contributed by atoms with Crippen molar-refractivity contribution in [3.05, 3.63) is 45.2 Å². The summed E-state index contributed by atoms with van der Waals surface area (Å²) in [5.41, 5.74) is 3.88. The summed E-state index contributed by atoms with van der Waals surface area (Å²) in [6.07, 6.45) is 3.36. The number of aryl methyl sites for hydroxylation is 2. The predicted octanol–water partition coefficient (Wildman–Crippen LogP) is 2.72. The van der Waals surface area contributed by atoms with Crippen LogP contribution in [0.4, 0.5) is 0 Å². The van der Waals surface area contributed by atoms with Gasteiger partial charge in [0.2, 0.25) is 0 Å². The molecule has 2 saturated heterocycles. The molecule has 0 spiro atoms. The van der Waals surface area contributed by atoms with Gasteiger partial charge in [0, 0.05) is 44.9 Å². The van der Waals surface area contributed by atoms with E-state index in [-0.39, 0.29) is 11.7 Å². The highest BCUT2D eigenvalue weighted by atomic mass is 32.1. The minimum absolute atomic E-state index is 0.0467. The van der Waals surface area contributed by atoms with Gasteiger partial charge in [-0.2, -0.15) is 0 Å². The molecule has 4 rings (SSSR count). The molecule has 33 heavy (non-hydrogen) atoms. The fourth-order valence-electron chi connectivity index (χ4n) is 4.74. The molecule has 7 nitrogen and oxygen atoms in total. The first-order chi connectivity index (χ1) is 16.0. The van der Waals surface area contributed by atoms with Crippen molar-refractivity contribution in [2.75, 3.05) is 52.5 Å². The van der Waals surface area contributed by atoms with Crippen molar-refractivity contribution in [3.8, 4) is 0 Å². The number of morpholine rings is 1. The van der Waals surface area contributed by atoms with Crippen molar-refractivity contribution in [2.45, 2.75) is 45.8 Å². The van der Waals surface area contributed by atoms with Gasteiger partial charge in [0.25, 0.3) is 5.56 Å². The summed E-state index contributed by atoms with van der Waals surface area (Å²) in [4.78, 5) is 20.6. The van der Waals surface area contributed by atoms with Crippen molar-refractivity contribution in [3.63, 3.8) is 0 Å². The number of nitrogens with zero attached hydrogens (tertiary/aromatic N) is 2. The highest BCUT2D eigenvalue weighted by Crippen LogP contribution is 2.19. The molecular weight excluding hydrogens is 436 g/mol. The van der Waals surface area contributed by atoms with E-state index in [1.807, 2.05) is 13.0 Å². The lowest BCUT2D eigenvalue weighted by molar-refractivity contribution is 0.0367. The number of hydrogen-bond donors (Lipinski definition) is 2. The number of aromatic nitrogens is 1. The molecule has 1 atom stereocenters. The van der Waals surface area contributed by atoms with Crippen molar-refractivity contribution in [1.29, 1.82) is 0 Å². The summed E-state index contributed by atoms with van der Waals surface area (Å²) in [6, 6.07) is 6.24. The van der Waals surface area contributed by atoms with Gasteiger partial charge in [0.15, 0.2) is 5.11 Å². The molecule has 2 fully saturated rings. The molecule has 2 aliphatic rings. The average molecular weight is 473 g/mol. The standard InChI is InChI=1S/C25H36N4O3S/c1-18-13-19(2)23-20(14-18)15-21(24(30)27-23)17-29(7-4-6-28-8-11-31-12-9-28)25(33)26-16-22-5-3-10-32-22/h13-15,22H,3-12,16-17H2,1-2H3,(H,26,33)(H,27,30)/t22-/m0/s1. The van der Waals surface area contributed by atoms with Crippen molar-refractivity contribution >= 4 is 28.2 Å². The summed E-state index contributed by atoms with van der Waals surface area (Å²) >= 11 is 5.77. The summed E-state index contributed by atoms with van der Waals surface area (Å²) < 4.78 is 11.2. The van der Waals surface area contributed by atoms with Gasteiger partial charge in [-0.25, -0.2) is 0 Å². The van der Waals surface area contributed by atoms with Crippen LogP contribution in [0.25, 0.3) is 10.9 Å². The molecule has 0 saturated carbocycles. The first kappa shape index (κ1) is 24.1. The molecule has 1 aromatic heterocycles. The predicted molar refractivity (Wildman–Crippen MR) is 136 cm³/mol. The van der Waals surface area contributed by atoms with E-state index in [1.54, 1.807) is 0 Å². The number of nitrogens with one attached hydrogen (secondary N) is 2. The van der Waals surface area contributed by atoms with E-state index in [0.29, 0.717) is 18.2 Å². The van der Waals surface area contributed by atoms with E-state index in [2.05, 4.69) is 39.2 Å². The van der Waals surface area contributed by atoms with Crippen LogP contribution in [0.1, 0.15) is 36.0 Å². The number of benzene rings is 1. The quantitative estimate of drug-likeness (QED) is 0.573. The molecule has 1 aromatic carbocycles. The van der Waals surface area contributed by atoms with Crippen LogP contribution < -0.4 is 10.9 Å². The Balaban J connectivity index is 1.47. The van der Waals surface area contributed by atoms with Crippen LogP contribution in [0, 0.1) is 13.8 Å². The second kappa shape index (κ2) is 11.4. The van der Waals surface area contributed by atoms with E-state index in [9.17, 15) is 4.79 Å². The molecule has 0 unspecified atom stereocenters. The molecule has 0 bridgehead atoms. The fraction of sp³-hybridized carbons (Fsp3) is 0.600. The zero-order valence-corrected chi connectivity index (χ0v) is 20.6. The van der Waals surface area contributed by atoms with E-state index in [4.69, 9.17) is 21.7 Å². The van der Waals surface area contributed by atoms with Crippen molar-refractivity contribution in [1.82, 2.24) is 20.1 Å². The van der Waals surface area contributed by atoms with Gasteiger partial charge in [0.1, 0.15) is 0 Å². The van der Waals surface area contributed by atoms with Gasteiger partial charge in [-0.15, -0.1) is 0 Å². The Labute approximate surface area is 201 Å². The smallest absolute Gasteiger partial charge is 0.253 e. The summed E-state index contributed by atoms with van der Waals surface area (Å²) in [7, 11) is 0. The van der Waals surface area contributed by atoms with Gasteiger partial charge in [-0.1, -0.05) is 11.6 Å². The first-order valence-electron chi connectivity index (χ1n) is 12.1. The third-order valence-electron chi connectivity index (χ3n) is 6.53. The molecule has 0 radical (unpaired) electrons. The van der Waals surface area contributed by atoms with Crippen LogP contribution in [0.5, 0.6) is 0 Å². The van der Waals surface area contributed by atoms with Crippen LogP contribution in [-0.2, 0) is 16.0 Å². The first-order valence-corrected chi connectivity index (χ1v) is 12.5. The number of rotatable bonds is 8. The highest BCUT2D eigenvalue weighted by Gasteiger charge is 2.19. The van der Waals surface area contributed by atoms with Crippen LogP contribution >= 0.6 is 12.2 Å². The third-order valence-corrected chi connectivity index (χ3v) is 6.93. The Morgan fingerprint density at radius 1 is 1.24 bits per heavy atom. The Hall–Kier alpha value is -2.00. The third kappa shape index (κ3) is 6.53. The number of thiocarbonyl (C=S) groups is 1. The monoisotopic (exact) mass is 472 g/mol. The normalized spacial score (nSPS) is 19.2. The average Bonchev–Trinajstić information content (AvgIpc) is 3.32. The van der Waals surface area contributed by atoms with E-state index < -0.39 is 0 Å². The Kier molecular flexibility index (Phi) is 8.35. The molecule has 3 heterocycles. The van der Waals surface area contributed by atoms with Crippen LogP contribution in [-0.4, -0.2) is 78.5 Å². The summed E-state index contributed by atoms with van der Waals surface area (Å²) in [6.45, 7) is 11.5. The lowest BCUT2D eigenvalue weighted by atomic mass is 10.1. The summed E-state index contributed by atoms with van der Waals surface area (Å²) in [5.74, 6) is 0. The number of H-pyrrole nitrogens is 1. The molecule has 2 aliphatic heterocycles. The van der Waals surface area contributed by atoms with Gasteiger partial charge in [0.05, 0.1) is 31.4 Å². The fourth-order valence-corrected chi connectivity index (χ4v) is 4.97. The minimum atomic E-state index is -0.0467. The number of hydrogen-bond acceptors (Lipinski definition) is 5. The highest BCUT2D eigenvalue weighted by molar-refractivity contribution is 7.80. The molecule has 0 aliphatic carbocycles. The minimum Gasteiger partial charge on any atom is -0.379 e. The maximum Gasteiger partial charge on any atom is 0.253 e. The Morgan fingerprint density at radius 3 is 2.82 bits per heavy atom. The van der Waals surface area contributed by atoms with Crippen LogP contribution in [0.2, 0.25) is 0 Å². The lowest BCUT2D eigenvalue weighted by Crippen LogP contribution is -2.44. The number of ether oxygens (including phenoxy) is 2. The molecular formula is C25H36N4O3S. The molecule has 180 valence electrons. The SMILES string of the molecule is Cc1cc(C)c2[nH]c(=O)c(CN(CCCN3CCOCC3)C(=S)NC[C@@H]3CCCO3)cc2c1. The number of fused-ring (bicyclic) bond motifs is 1. The second-order valence-electron chi connectivity index (χ2n) is 9.22. The maximum absolute atomic E-state index is 12.9. The topological polar surface area (TPSA) is 69.8 Å². The number of pyridine rings is 1. The van der Waals surface area contributed by atoms with Gasteiger partial charge >= 0.3 is 0 Å². The molecule has 2 aromatic rings. The van der Waals surface area contributed by atoms with Crippen LogP contribution in [0.15, 0.2) is 23.0 Å². The molecule has 8 heteroatoms. The van der Waals surface area contributed by atoms with E-state index in [1.165, 1.54) is 5.56 Å². The van der Waals surface area contributed by atoms with Crippen molar-refractivity contribution in [2.24, 2.45) is 0 Å². The summed E-state index contributed by atoms with van der Waals surface area (Å²) in [5, 5.41) is 5.15. The Bertz CT molecular complexity index is 1010. The zero-order valence-electron chi connectivity index (χ0n) is 19.8. The largest absolute Gasteiger partial charge is 0.379 e. The second-order valence-corrected chi connectivity index (χ2v) is 9.61. The molecule has 2 N–H and O–H groups in total. The van der Waals surface area contributed by atoms with Gasteiger partial charge in [-0.05, 0) is 68.4 Å². The van der Waals surface area contributed by atoms with E-state index >= 15 is 0 Å². The Morgan fingerprint density at radius 2 is 2.06 bits per heavy atom. The van der Waals surface area contributed by atoms with E-state index in [0.717, 1.165) is 87.3 Å². The molecule has 0 amide bonds. The van der Waals surface area contributed by atoms with Crippen molar-refractivity contribution < 1.29 is 9.47 Å². The number of aromatic amines is 1. The van der Waals surface area contributed by atoms with Crippen LogP contribution in [0.3, 0.4) is 0 Å². The lowest BCUT2D eigenvalue weighted by Gasteiger charge is -2.30. The zero-order chi connectivity index (χ0) is 23.2. The van der Waals surface area contributed by atoms with Gasteiger partial charge in [-0.3, -0.25) is 9.69 Å².